The van der Waals surface area contributed by atoms with Crippen LogP contribution in [-0.2, 0) is 33.3 Å². The molecule has 0 bridgehead atoms. The van der Waals surface area contributed by atoms with Crippen molar-refractivity contribution >= 4 is 11.8 Å². The summed E-state index contributed by atoms with van der Waals surface area (Å²) in [6.45, 7) is 0.701. The first-order chi connectivity index (χ1) is 14.8. The van der Waals surface area contributed by atoms with Crippen molar-refractivity contribution in [2.75, 3.05) is 13.2 Å². The molecule has 0 aromatic heterocycles. The highest BCUT2D eigenvalue weighted by Gasteiger charge is 2.72. The van der Waals surface area contributed by atoms with E-state index in [1.165, 1.54) is 13.2 Å². The van der Waals surface area contributed by atoms with Crippen molar-refractivity contribution in [2.45, 2.75) is 55.6 Å². The van der Waals surface area contributed by atoms with E-state index in [1.807, 2.05) is 6.08 Å². The lowest BCUT2D eigenvalue weighted by molar-refractivity contribution is -0.299. The maximum Gasteiger partial charge on any atom is 0.320 e. The topological polar surface area (TPSA) is 161 Å². The Labute approximate surface area is 176 Å². The van der Waals surface area contributed by atoms with E-state index in [2.05, 4.69) is 0 Å². The van der Waals surface area contributed by atoms with Gasteiger partial charge in [-0.3, -0.25) is 9.59 Å². The third kappa shape index (κ3) is 2.92. The molecule has 0 aromatic carbocycles. The molecule has 0 amide bonds. The summed E-state index contributed by atoms with van der Waals surface area (Å²) in [7, 11) is 0. The second-order valence-electron chi connectivity index (χ2n) is 8.54. The summed E-state index contributed by atoms with van der Waals surface area (Å²) < 4.78 is 28.2. The largest absolute Gasteiger partial charge is 0.472 e. The van der Waals surface area contributed by atoms with Gasteiger partial charge in [-0.25, -0.2) is 0 Å². The first-order valence-corrected chi connectivity index (χ1v) is 10.1. The summed E-state index contributed by atoms with van der Waals surface area (Å²) in [4.78, 5) is 24.3. The van der Waals surface area contributed by atoms with E-state index >= 15 is 0 Å². The fraction of sp³-hybridized carbons (Fsp3) is 0.700. The Morgan fingerprint density at radius 3 is 2.68 bits per heavy atom. The highest BCUT2D eigenvalue weighted by Crippen LogP contribution is 2.58. The second kappa shape index (κ2) is 7.34. The molecule has 4 heterocycles. The number of hydrogen-bond donors (Lipinski definition) is 4. The lowest BCUT2D eigenvalue weighted by Crippen LogP contribution is -2.59. The molecule has 11 atom stereocenters. The average molecular weight is 440 g/mol. The van der Waals surface area contributed by atoms with Crippen molar-refractivity contribution in [1.82, 2.24) is 0 Å². The summed E-state index contributed by atoms with van der Waals surface area (Å²) in [6.07, 6.45) is -3.32. The normalized spacial score (nSPS) is 49.8. The smallest absolute Gasteiger partial charge is 0.320 e. The Hall–Kier alpha value is -1.86. The summed E-state index contributed by atoms with van der Waals surface area (Å²) in [5.74, 6) is -2.63. The summed E-state index contributed by atoms with van der Waals surface area (Å²) in [5.41, 5.74) is -0.441. The molecular formula is C20H24O11. The molecule has 5 aliphatic rings. The summed E-state index contributed by atoms with van der Waals surface area (Å²) >= 11 is 0. The van der Waals surface area contributed by atoms with Crippen molar-refractivity contribution in [1.29, 1.82) is 0 Å². The van der Waals surface area contributed by atoms with Crippen LogP contribution in [-0.4, -0.2) is 94.1 Å². The number of ketones is 1. The van der Waals surface area contributed by atoms with E-state index in [4.69, 9.17) is 23.7 Å². The third-order valence-corrected chi connectivity index (χ3v) is 6.81. The highest BCUT2D eigenvalue weighted by molar-refractivity contribution is 6.00. The Bertz CT molecular complexity index is 837. The number of ether oxygens (including phenoxy) is 5. The molecule has 3 fully saturated rings. The lowest BCUT2D eigenvalue weighted by atomic mass is 9.77. The van der Waals surface area contributed by atoms with E-state index < -0.39 is 73.1 Å². The average Bonchev–Trinajstić information content (AvgIpc) is 3.34. The molecule has 1 aliphatic carbocycles. The number of aliphatic hydroxyl groups is 4. The van der Waals surface area contributed by atoms with Crippen molar-refractivity contribution in [2.24, 2.45) is 17.8 Å². The maximum absolute atomic E-state index is 12.3. The van der Waals surface area contributed by atoms with Gasteiger partial charge < -0.3 is 44.1 Å². The van der Waals surface area contributed by atoms with E-state index in [9.17, 15) is 30.0 Å². The first kappa shape index (κ1) is 21.0. The van der Waals surface area contributed by atoms with Gasteiger partial charge in [0.2, 0.25) is 6.29 Å². The predicted molar refractivity (Wildman–Crippen MR) is 96.7 cm³/mol. The molecule has 0 unspecified atom stereocenters. The molecule has 4 aliphatic heterocycles. The molecule has 170 valence electrons. The highest BCUT2D eigenvalue weighted by atomic mass is 16.7. The predicted octanol–water partition coefficient (Wildman–Crippen LogP) is -2.26. The standard InChI is InChI=1S/C20H24O11/c1-7(22)11-16-20(31-17(11)26)3-2-9-8(5-27-18(30-16)12(9)20)6-28-19-15(25)14(24)13(23)10(4-21)29-19/h2-3,5,9-16,18-19,21,23-25H,4,6H2,1H3/t9-,10-,11+,12-,13-,14+,15-,16+,18-,19-,20+/m1/s1. The summed E-state index contributed by atoms with van der Waals surface area (Å²) in [5, 5.41) is 39.2. The van der Waals surface area contributed by atoms with Crippen LogP contribution in [0, 0.1) is 17.8 Å². The van der Waals surface area contributed by atoms with E-state index in [-0.39, 0.29) is 18.3 Å². The number of esters is 1. The maximum atomic E-state index is 12.3. The number of carbonyl (C=O) groups excluding carboxylic acids is 2. The zero-order valence-electron chi connectivity index (χ0n) is 16.6. The Kier molecular flexibility index (Phi) is 4.97. The van der Waals surface area contributed by atoms with Crippen LogP contribution >= 0.6 is 0 Å². The minimum atomic E-state index is -1.54. The van der Waals surface area contributed by atoms with Gasteiger partial charge in [0, 0.05) is 5.92 Å². The van der Waals surface area contributed by atoms with Crippen LogP contribution in [0.4, 0.5) is 0 Å². The molecule has 1 spiro atoms. The van der Waals surface area contributed by atoms with Crippen LogP contribution in [0.3, 0.4) is 0 Å². The minimum absolute atomic E-state index is 0.0637. The van der Waals surface area contributed by atoms with Gasteiger partial charge in [-0.05, 0) is 18.6 Å². The van der Waals surface area contributed by atoms with Gasteiger partial charge in [0.25, 0.3) is 0 Å². The van der Waals surface area contributed by atoms with Crippen LogP contribution in [0.5, 0.6) is 0 Å². The molecule has 11 nitrogen and oxygen atoms in total. The van der Waals surface area contributed by atoms with Crippen molar-refractivity contribution < 1.29 is 53.7 Å². The van der Waals surface area contributed by atoms with Crippen LogP contribution < -0.4 is 0 Å². The molecule has 11 heteroatoms. The fourth-order valence-electron chi connectivity index (χ4n) is 5.22. The molecular weight excluding hydrogens is 416 g/mol. The molecule has 31 heavy (non-hydrogen) atoms. The van der Waals surface area contributed by atoms with Gasteiger partial charge in [-0.1, -0.05) is 6.08 Å². The SMILES string of the molecule is CC(=O)[C@@H]1C(=O)O[C@]23C=C[C@@H]4C(CO[C@@H]5O[C@H](CO)[C@@H](O)[C@H](O)[C@H]5O)=CO[C@H](O[C@@H]12)[C@@H]43. The monoisotopic (exact) mass is 440 g/mol. The number of rotatable bonds is 5. The van der Waals surface area contributed by atoms with Crippen molar-refractivity contribution in [3.05, 3.63) is 24.0 Å². The number of aliphatic hydroxyl groups excluding tert-OH is 4. The van der Waals surface area contributed by atoms with Gasteiger partial charge in [0.15, 0.2) is 11.9 Å². The van der Waals surface area contributed by atoms with Gasteiger partial charge in [0.05, 0.1) is 25.4 Å². The second-order valence-corrected chi connectivity index (χ2v) is 8.54. The molecule has 0 radical (unpaired) electrons. The van der Waals surface area contributed by atoms with Gasteiger partial charge in [0.1, 0.15) is 42.2 Å². The number of carbonyl (C=O) groups is 2. The quantitative estimate of drug-likeness (QED) is 0.208. The lowest BCUT2D eigenvalue weighted by Gasteiger charge is -2.40. The Morgan fingerprint density at radius 2 is 1.97 bits per heavy atom. The first-order valence-electron chi connectivity index (χ1n) is 10.1. The Balaban J connectivity index is 1.31. The molecule has 3 saturated heterocycles. The van der Waals surface area contributed by atoms with Crippen LogP contribution in [0.15, 0.2) is 24.0 Å². The molecule has 4 N–H and O–H groups in total. The molecule has 5 rings (SSSR count). The van der Waals surface area contributed by atoms with E-state index in [1.54, 1.807) is 6.08 Å². The Morgan fingerprint density at radius 1 is 1.19 bits per heavy atom. The zero-order valence-corrected chi connectivity index (χ0v) is 16.6. The van der Waals surface area contributed by atoms with E-state index in [0.717, 1.165) is 0 Å². The zero-order chi connectivity index (χ0) is 22.1. The number of allylic oxidation sites excluding steroid dienone is 1. The van der Waals surface area contributed by atoms with Gasteiger partial charge in [-0.2, -0.15) is 0 Å². The van der Waals surface area contributed by atoms with E-state index in [0.29, 0.717) is 5.57 Å². The van der Waals surface area contributed by atoms with Crippen molar-refractivity contribution in [3.63, 3.8) is 0 Å². The molecule has 0 aromatic rings. The minimum Gasteiger partial charge on any atom is -0.472 e. The van der Waals surface area contributed by atoms with Crippen LogP contribution in [0.1, 0.15) is 6.92 Å². The van der Waals surface area contributed by atoms with Crippen molar-refractivity contribution in [3.8, 4) is 0 Å². The number of hydrogen-bond acceptors (Lipinski definition) is 11. The van der Waals surface area contributed by atoms with Crippen LogP contribution in [0.2, 0.25) is 0 Å². The van der Waals surface area contributed by atoms with Crippen LogP contribution in [0.25, 0.3) is 0 Å². The third-order valence-electron chi connectivity index (χ3n) is 6.81. The fourth-order valence-corrected chi connectivity index (χ4v) is 5.22. The molecule has 0 saturated carbocycles. The van der Waals surface area contributed by atoms with Gasteiger partial charge in [-0.15, -0.1) is 0 Å². The number of Topliss-reactive ketones (excluding diaryl/α,β-unsaturated/α-hetero) is 1. The summed E-state index contributed by atoms with van der Waals surface area (Å²) in [6, 6.07) is 0. The van der Waals surface area contributed by atoms with Gasteiger partial charge >= 0.3 is 5.97 Å².